The molecule has 2 aromatic rings. The van der Waals surface area contributed by atoms with Gasteiger partial charge in [-0.1, -0.05) is 60.7 Å². The van der Waals surface area contributed by atoms with Crippen molar-refractivity contribution in [3.8, 4) is 0 Å². The number of esters is 1. The number of nitrogens with one attached hydrogen (secondary N) is 1. The smallest absolute Gasteiger partial charge is 0.326 e. The highest BCUT2D eigenvalue weighted by molar-refractivity contribution is 5.88. The number of aryl methyl sites for hydroxylation is 1. The van der Waals surface area contributed by atoms with E-state index in [2.05, 4.69) is 5.32 Å². The van der Waals surface area contributed by atoms with E-state index >= 15 is 0 Å². The first-order valence-electron chi connectivity index (χ1n) is 11.5. The average Bonchev–Trinajstić information content (AvgIpc) is 3.28. The summed E-state index contributed by atoms with van der Waals surface area (Å²) in [5.74, 6) is -1.79. The van der Waals surface area contributed by atoms with Gasteiger partial charge in [0, 0.05) is 12.5 Å². The van der Waals surface area contributed by atoms with Crippen molar-refractivity contribution in [3.05, 3.63) is 71.8 Å². The lowest BCUT2D eigenvalue weighted by molar-refractivity contribution is -0.150. The van der Waals surface area contributed by atoms with Gasteiger partial charge in [0.2, 0.25) is 5.91 Å². The van der Waals surface area contributed by atoms with Crippen LogP contribution in [-0.4, -0.2) is 59.1 Å². The molecule has 0 aromatic heterocycles. The van der Waals surface area contributed by atoms with Gasteiger partial charge >= 0.3 is 11.9 Å². The normalized spacial score (nSPS) is 19.6. The third-order valence-electron chi connectivity index (χ3n) is 6.10. The van der Waals surface area contributed by atoms with Crippen molar-refractivity contribution in [3.63, 3.8) is 0 Å². The first kappa shape index (κ1) is 24.5. The Hall–Kier alpha value is -3.19. The number of hydrogen-bond acceptors (Lipinski definition) is 5. The van der Waals surface area contributed by atoms with Gasteiger partial charge in [0.15, 0.2) is 0 Å². The van der Waals surface area contributed by atoms with Crippen molar-refractivity contribution >= 4 is 17.8 Å². The Morgan fingerprint density at radius 3 is 2.33 bits per heavy atom. The SMILES string of the molecule is CCOC(=O)C(CCc1ccccc1)N[C@@H](C)C(=O)N1CC(c2ccccc2)C[C@H]1C(=O)O. The largest absolute Gasteiger partial charge is 0.480 e. The zero-order chi connectivity index (χ0) is 23.8. The maximum Gasteiger partial charge on any atom is 0.326 e. The van der Waals surface area contributed by atoms with E-state index in [9.17, 15) is 19.5 Å². The van der Waals surface area contributed by atoms with E-state index in [0.29, 0.717) is 25.8 Å². The Bertz CT molecular complexity index is 934. The number of amides is 1. The van der Waals surface area contributed by atoms with Gasteiger partial charge in [0.05, 0.1) is 12.6 Å². The zero-order valence-corrected chi connectivity index (χ0v) is 19.1. The topological polar surface area (TPSA) is 95.9 Å². The van der Waals surface area contributed by atoms with E-state index in [-0.39, 0.29) is 18.4 Å². The lowest BCUT2D eigenvalue weighted by Crippen LogP contribution is -2.53. The van der Waals surface area contributed by atoms with Crippen molar-refractivity contribution in [2.45, 2.75) is 57.2 Å². The van der Waals surface area contributed by atoms with Crippen molar-refractivity contribution in [2.75, 3.05) is 13.2 Å². The zero-order valence-electron chi connectivity index (χ0n) is 19.1. The number of carbonyl (C=O) groups is 3. The van der Waals surface area contributed by atoms with Gasteiger partial charge in [-0.25, -0.2) is 4.79 Å². The number of likely N-dealkylation sites (tertiary alicyclic amines) is 1. The van der Waals surface area contributed by atoms with Crippen LogP contribution >= 0.6 is 0 Å². The standard InChI is InChI=1S/C26H32N2O5/c1-3-33-26(32)22(15-14-19-10-6-4-7-11-19)27-18(2)24(29)28-17-21(16-23(28)25(30)31)20-12-8-5-9-13-20/h4-13,18,21-23,27H,3,14-17H2,1-2H3,(H,30,31)/t18-,21?,22?,23-/m0/s1. The molecule has 3 rings (SSSR count). The molecule has 0 saturated carbocycles. The van der Waals surface area contributed by atoms with Crippen molar-refractivity contribution in [1.29, 1.82) is 0 Å². The minimum absolute atomic E-state index is 0.0395. The Balaban J connectivity index is 1.69. The molecule has 7 nitrogen and oxygen atoms in total. The maximum absolute atomic E-state index is 13.3. The van der Waals surface area contributed by atoms with Gasteiger partial charge in [0.1, 0.15) is 12.1 Å². The highest BCUT2D eigenvalue weighted by Gasteiger charge is 2.41. The highest BCUT2D eigenvalue weighted by Crippen LogP contribution is 2.32. The lowest BCUT2D eigenvalue weighted by atomic mass is 9.96. The predicted molar refractivity (Wildman–Crippen MR) is 125 cm³/mol. The summed E-state index contributed by atoms with van der Waals surface area (Å²) in [5, 5.41) is 12.8. The van der Waals surface area contributed by atoms with E-state index in [4.69, 9.17) is 4.74 Å². The van der Waals surface area contributed by atoms with Gasteiger partial charge in [-0.05, 0) is 44.2 Å². The molecule has 0 bridgehead atoms. The van der Waals surface area contributed by atoms with Crippen LogP contribution in [0.5, 0.6) is 0 Å². The molecule has 4 atom stereocenters. The molecule has 1 fully saturated rings. The van der Waals surface area contributed by atoms with Crippen LogP contribution in [0.2, 0.25) is 0 Å². The number of ether oxygens (including phenoxy) is 1. The minimum atomic E-state index is -1.01. The van der Waals surface area contributed by atoms with Crippen LogP contribution in [0.25, 0.3) is 0 Å². The van der Waals surface area contributed by atoms with Gasteiger partial charge < -0.3 is 14.7 Å². The molecule has 1 amide bonds. The van der Waals surface area contributed by atoms with E-state index in [1.807, 2.05) is 60.7 Å². The summed E-state index contributed by atoms with van der Waals surface area (Å²) in [6.45, 7) is 3.99. The molecule has 1 heterocycles. The molecule has 7 heteroatoms. The predicted octanol–water partition coefficient (Wildman–Crippen LogP) is 3.00. The molecule has 0 radical (unpaired) electrons. The molecule has 1 aliphatic heterocycles. The second-order valence-corrected chi connectivity index (χ2v) is 8.41. The molecule has 0 aliphatic carbocycles. The van der Waals surface area contributed by atoms with Crippen LogP contribution in [0.4, 0.5) is 0 Å². The quantitative estimate of drug-likeness (QED) is 0.538. The Kier molecular flexibility index (Phi) is 8.60. The number of nitrogens with zero attached hydrogens (tertiary/aromatic N) is 1. The molecule has 0 spiro atoms. The Morgan fingerprint density at radius 2 is 1.73 bits per heavy atom. The summed E-state index contributed by atoms with van der Waals surface area (Å²) >= 11 is 0. The average molecular weight is 453 g/mol. The maximum atomic E-state index is 13.3. The second-order valence-electron chi connectivity index (χ2n) is 8.41. The summed E-state index contributed by atoms with van der Waals surface area (Å²) in [4.78, 5) is 39.2. The third-order valence-corrected chi connectivity index (χ3v) is 6.10. The molecule has 1 saturated heterocycles. The first-order chi connectivity index (χ1) is 15.9. The summed E-state index contributed by atoms with van der Waals surface area (Å²) in [7, 11) is 0. The second kappa shape index (κ2) is 11.6. The number of hydrogen-bond donors (Lipinski definition) is 2. The van der Waals surface area contributed by atoms with Gasteiger partial charge in [-0.2, -0.15) is 0 Å². The Labute approximate surface area is 194 Å². The fourth-order valence-corrected chi connectivity index (χ4v) is 4.37. The molecule has 176 valence electrons. The number of benzene rings is 2. The third kappa shape index (κ3) is 6.42. The Morgan fingerprint density at radius 1 is 1.09 bits per heavy atom. The van der Waals surface area contributed by atoms with Gasteiger partial charge in [-0.15, -0.1) is 0 Å². The minimum Gasteiger partial charge on any atom is -0.480 e. The molecular weight excluding hydrogens is 420 g/mol. The molecule has 1 aliphatic rings. The summed E-state index contributed by atoms with van der Waals surface area (Å²) in [6, 6.07) is 17.2. The summed E-state index contributed by atoms with van der Waals surface area (Å²) in [6.07, 6.45) is 1.48. The number of carbonyl (C=O) groups excluding carboxylic acids is 2. The van der Waals surface area contributed by atoms with Crippen molar-refractivity contribution in [2.24, 2.45) is 0 Å². The number of rotatable bonds is 10. The van der Waals surface area contributed by atoms with Crippen LogP contribution in [0.3, 0.4) is 0 Å². The van der Waals surface area contributed by atoms with Crippen LogP contribution in [0.15, 0.2) is 60.7 Å². The fourth-order valence-electron chi connectivity index (χ4n) is 4.37. The monoisotopic (exact) mass is 452 g/mol. The summed E-state index contributed by atoms with van der Waals surface area (Å²) < 4.78 is 5.21. The fraction of sp³-hybridized carbons (Fsp3) is 0.423. The highest BCUT2D eigenvalue weighted by atomic mass is 16.5. The molecule has 2 aromatic carbocycles. The molecule has 33 heavy (non-hydrogen) atoms. The number of aliphatic carboxylic acids is 1. The van der Waals surface area contributed by atoms with Crippen LogP contribution in [0.1, 0.15) is 43.7 Å². The lowest BCUT2D eigenvalue weighted by Gasteiger charge is -2.28. The molecule has 2 unspecified atom stereocenters. The van der Waals surface area contributed by atoms with E-state index < -0.39 is 30.1 Å². The number of carboxylic acids is 1. The summed E-state index contributed by atoms with van der Waals surface area (Å²) in [5.41, 5.74) is 2.11. The van der Waals surface area contributed by atoms with E-state index in [1.54, 1.807) is 13.8 Å². The van der Waals surface area contributed by atoms with Crippen molar-refractivity contribution < 1.29 is 24.2 Å². The molecule has 2 N–H and O–H groups in total. The van der Waals surface area contributed by atoms with Crippen LogP contribution < -0.4 is 5.32 Å². The molecular formula is C26H32N2O5. The van der Waals surface area contributed by atoms with E-state index in [1.165, 1.54) is 4.90 Å². The van der Waals surface area contributed by atoms with Crippen LogP contribution in [0, 0.1) is 0 Å². The van der Waals surface area contributed by atoms with Gasteiger partial charge in [0.25, 0.3) is 0 Å². The number of carboxylic acid groups (broad SMARTS) is 1. The van der Waals surface area contributed by atoms with E-state index in [0.717, 1.165) is 11.1 Å². The van der Waals surface area contributed by atoms with Crippen molar-refractivity contribution in [1.82, 2.24) is 10.2 Å². The first-order valence-corrected chi connectivity index (χ1v) is 11.5. The van der Waals surface area contributed by atoms with Gasteiger partial charge in [-0.3, -0.25) is 14.9 Å². The van der Waals surface area contributed by atoms with Crippen LogP contribution in [-0.2, 0) is 25.5 Å².